The number of amides is 3. The monoisotopic (exact) mass is 542 g/mol. The van der Waals surface area contributed by atoms with E-state index in [1.165, 1.54) is 18.6 Å². The molecule has 4 heterocycles. The van der Waals surface area contributed by atoms with Gasteiger partial charge in [-0.15, -0.1) is 0 Å². The number of cyclic esters (lactones) is 1. The summed E-state index contributed by atoms with van der Waals surface area (Å²) in [5, 5.41) is 35.0. The van der Waals surface area contributed by atoms with Crippen LogP contribution in [-0.4, -0.2) is 77.9 Å². The van der Waals surface area contributed by atoms with E-state index in [4.69, 9.17) is 37.6 Å². The van der Waals surface area contributed by atoms with Gasteiger partial charge in [-0.2, -0.15) is 0 Å². The van der Waals surface area contributed by atoms with Crippen LogP contribution in [0.4, 0.5) is 0 Å². The number of primary amides is 3. The molecule has 1 aliphatic rings. The van der Waals surface area contributed by atoms with Gasteiger partial charge in [-0.25, -0.2) is 4.79 Å². The fourth-order valence-corrected chi connectivity index (χ4v) is 2.35. The molecule has 0 saturated carbocycles. The lowest BCUT2D eigenvalue weighted by molar-refractivity contribution is -0.147. The van der Waals surface area contributed by atoms with Gasteiger partial charge in [0.2, 0.25) is 23.5 Å². The Hall–Kier alpha value is -5.41. The molecule has 0 unspecified atom stereocenters. The molecule has 15 heteroatoms. The van der Waals surface area contributed by atoms with Crippen molar-refractivity contribution >= 4 is 23.7 Å². The molecule has 0 saturated heterocycles. The number of pyridine rings is 3. The second-order valence-electron chi connectivity index (χ2n) is 7.13. The Balaban J connectivity index is 0.000000262. The van der Waals surface area contributed by atoms with Gasteiger partial charge in [-0.3, -0.25) is 29.3 Å². The molecule has 3 aromatic heterocycles. The van der Waals surface area contributed by atoms with Crippen molar-refractivity contribution in [2.45, 2.75) is 12.2 Å². The number of aliphatic hydroxyl groups is 4. The van der Waals surface area contributed by atoms with E-state index < -0.39 is 54.0 Å². The molecule has 10 N–H and O–H groups in total. The molecule has 0 radical (unpaired) electrons. The first kappa shape index (κ1) is 31.6. The van der Waals surface area contributed by atoms with Gasteiger partial charge in [-0.05, 0) is 36.4 Å². The molecule has 2 atom stereocenters. The molecule has 4 rings (SSSR count). The number of carbonyl (C=O) groups is 4. The lowest BCUT2D eigenvalue weighted by Crippen LogP contribution is -2.31. The lowest BCUT2D eigenvalue weighted by atomic mass is 10.2. The number of aromatic nitrogens is 3. The van der Waals surface area contributed by atoms with Crippen LogP contribution >= 0.6 is 0 Å². The summed E-state index contributed by atoms with van der Waals surface area (Å²) in [4.78, 5) is 52.8. The van der Waals surface area contributed by atoms with Gasteiger partial charge in [0.1, 0.15) is 6.10 Å². The highest BCUT2D eigenvalue weighted by molar-refractivity contribution is 5.93. The second kappa shape index (κ2) is 16.4. The highest BCUT2D eigenvalue weighted by atomic mass is 16.6. The van der Waals surface area contributed by atoms with E-state index in [0.29, 0.717) is 16.7 Å². The van der Waals surface area contributed by atoms with Gasteiger partial charge >= 0.3 is 5.97 Å². The molecule has 3 amide bonds. The van der Waals surface area contributed by atoms with Crippen LogP contribution in [0.1, 0.15) is 31.1 Å². The van der Waals surface area contributed by atoms with Crippen LogP contribution in [0.15, 0.2) is 85.1 Å². The number of aliphatic hydroxyl groups excluding tert-OH is 4. The molecule has 0 aromatic carbocycles. The van der Waals surface area contributed by atoms with Crippen molar-refractivity contribution < 1.29 is 44.3 Å². The summed E-state index contributed by atoms with van der Waals surface area (Å²) in [6.07, 6.45) is 6.29. The molecule has 0 aliphatic carbocycles. The van der Waals surface area contributed by atoms with E-state index in [9.17, 15) is 19.2 Å². The van der Waals surface area contributed by atoms with E-state index in [2.05, 4.69) is 19.7 Å². The van der Waals surface area contributed by atoms with Crippen LogP contribution in [-0.2, 0) is 9.53 Å². The third-order valence-electron chi connectivity index (χ3n) is 4.31. The predicted molar refractivity (Wildman–Crippen MR) is 134 cm³/mol. The van der Waals surface area contributed by atoms with E-state index in [0.717, 1.165) is 0 Å². The average molecular weight is 543 g/mol. The average Bonchev–Trinajstić information content (AvgIpc) is 3.22. The van der Waals surface area contributed by atoms with Crippen LogP contribution in [0.2, 0.25) is 0 Å². The molecule has 3 aromatic rings. The summed E-state index contributed by atoms with van der Waals surface area (Å²) in [5.41, 5.74) is 16.1. The Bertz CT molecular complexity index is 1140. The maximum absolute atomic E-state index is 10.5. The SMILES string of the molecule is NC(=O)c1cccnc1.NC(=O)c1cccnc1.NC(=O)c1cccnc1.O=C1O[C@H]([C@@H](O)CO)C(O)=C1O. The molecule has 0 bridgehead atoms. The number of carbonyl (C=O) groups excluding carboxylic acids is 4. The second-order valence-corrected chi connectivity index (χ2v) is 7.13. The fourth-order valence-electron chi connectivity index (χ4n) is 2.35. The number of nitrogens with two attached hydrogens (primary N) is 3. The van der Waals surface area contributed by atoms with Gasteiger partial charge in [0.15, 0.2) is 11.9 Å². The van der Waals surface area contributed by atoms with Crippen molar-refractivity contribution in [1.29, 1.82) is 0 Å². The smallest absolute Gasteiger partial charge is 0.377 e. The van der Waals surface area contributed by atoms with Crippen LogP contribution in [0.5, 0.6) is 0 Å². The third-order valence-corrected chi connectivity index (χ3v) is 4.31. The summed E-state index contributed by atoms with van der Waals surface area (Å²) < 4.78 is 4.32. The Morgan fingerprint density at radius 3 is 1.33 bits per heavy atom. The van der Waals surface area contributed by atoms with Crippen molar-refractivity contribution in [1.82, 2.24) is 15.0 Å². The van der Waals surface area contributed by atoms with Gasteiger partial charge in [0, 0.05) is 37.2 Å². The summed E-state index contributed by atoms with van der Waals surface area (Å²) >= 11 is 0. The minimum absolute atomic E-state index is 0.442. The number of rotatable bonds is 5. The van der Waals surface area contributed by atoms with E-state index >= 15 is 0 Å². The van der Waals surface area contributed by atoms with Crippen LogP contribution in [0, 0.1) is 0 Å². The molecule has 0 fully saturated rings. The normalized spacial score (nSPS) is 14.1. The number of nitrogens with zero attached hydrogens (tertiary/aromatic N) is 3. The van der Waals surface area contributed by atoms with Gasteiger partial charge in [-0.1, -0.05) is 0 Å². The van der Waals surface area contributed by atoms with Crippen molar-refractivity contribution in [3.8, 4) is 0 Å². The Kier molecular flexibility index (Phi) is 13.3. The molecular weight excluding hydrogens is 516 g/mol. The Morgan fingerprint density at radius 1 is 0.795 bits per heavy atom. The molecule has 206 valence electrons. The number of ether oxygens (including phenoxy) is 1. The molecule has 0 spiro atoms. The van der Waals surface area contributed by atoms with Crippen molar-refractivity contribution in [2.24, 2.45) is 17.2 Å². The summed E-state index contributed by atoms with van der Waals surface area (Å²) in [7, 11) is 0. The Morgan fingerprint density at radius 2 is 1.15 bits per heavy atom. The zero-order valence-corrected chi connectivity index (χ0v) is 20.2. The van der Waals surface area contributed by atoms with Gasteiger partial charge in [0.05, 0.1) is 23.3 Å². The van der Waals surface area contributed by atoms with E-state index in [-0.39, 0.29) is 0 Å². The first-order chi connectivity index (χ1) is 18.5. The number of esters is 1. The highest BCUT2D eigenvalue weighted by Gasteiger charge is 2.38. The predicted octanol–water partition coefficient (Wildman–Crippen LogP) is -0.866. The molecule has 1 aliphatic heterocycles. The highest BCUT2D eigenvalue weighted by Crippen LogP contribution is 2.20. The lowest BCUT2D eigenvalue weighted by Gasteiger charge is -2.13. The standard InChI is InChI=1S/3C6H6N2O.C6H8O6/c3*7-6(9)5-2-1-3-8-4-5;7-1-2(8)5-3(9)4(10)6(11)12-5/h3*1-4H,(H2,7,9);2,5,7-10H,1H2/t;;;2-,5+/m...0/s1. The molecular formula is C24H26N6O9. The van der Waals surface area contributed by atoms with Gasteiger partial charge in [0.25, 0.3) is 0 Å². The summed E-state index contributed by atoms with van der Waals surface area (Å²) in [6, 6.07) is 9.86. The van der Waals surface area contributed by atoms with Crippen LogP contribution in [0.25, 0.3) is 0 Å². The van der Waals surface area contributed by atoms with Crippen LogP contribution < -0.4 is 17.2 Å². The summed E-state index contributed by atoms with van der Waals surface area (Å²) in [6.45, 7) is -0.671. The zero-order chi connectivity index (χ0) is 29.4. The van der Waals surface area contributed by atoms with Gasteiger partial charge < -0.3 is 42.4 Å². The summed E-state index contributed by atoms with van der Waals surface area (Å²) in [5.74, 6) is -4.10. The molecule has 15 nitrogen and oxygen atoms in total. The fraction of sp³-hybridized carbons (Fsp3) is 0.125. The minimum Gasteiger partial charge on any atom is -0.505 e. The first-order valence-electron chi connectivity index (χ1n) is 10.7. The largest absolute Gasteiger partial charge is 0.505 e. The van der Waals surface area contributed by atoms with Crippen molar-refractivity contribution in [2.75, 3.05) is 6.61 Å². The van der Waals surface area contributed by atoms with Crippen molar-refractivity contribution in [3.05, 3.63) is 102 Å². The minimum atomic E-state index is -1.42. The van der Waals surface area contributed by atoms with E-state index in [1.807, 2.05) is 0 Å². The third kappa shape index (κ3) is 11.0. The first-order valence-corrected chi connectivity index (χ1v) is 10.7. The zero-order valence-electron chi connectivity index (χ0n) is 20.2. The maximum Gasteiger partial charge on any atom is 0.377 e. The topological polar surface area (TPSA) is 275 Å². The van der Waals surface area contributed by atoms with E-state index in [1.54, 1.807) is 55.0 Å². The number of hydrogen-bond donors (Lipinski definition) is 7. The Labute approximate surface area is 221 Å². The molecule has 39 heavy (non-hydrogen) atoms. The van der Waals surface area contributed by atoms with Crippen molar-refractivity contribution in [3.63, 3.8) is 0 Å². The quantitative estimate of drug-likeness (QED) is 0.194. The number of hydrogen-bond acceptors (Lipinski definition) is 12. The maximum atomic E-state index is 10.5. The van der Waals surface area contributed by atoms with Crippen LogP contribution in [0.3, 0.4) is 0 Å².